The summed E-state index contributed by atoms with van der Waals surface area (Å²) in [6.07, 6.45) is 2.84. The second kappa shape index (κ2) is 23.2. The molecule has 5 rings (SSSR count). The van der Waals surface area contributed by atoms with Crippen LogP contribution in [0.1, 0.15) is 59.3 Å². The summed E-state index contributed by atoms with van der Waals surface area (Å²) in [5.74, 6) is 0.183. The van der Waals surface area contributed by atoms with Crippen LogP contribution < -0.4 is 37.4 Å². The number of halogens is 3. The molecule has 318 valence electrons. The molecule has 2 aromatic carbocycles. The number of rotatable bonds is 19. The summed E-state index contributed by atoms with van der Waals surface area (Å²) >= 11 is 10.3. The molecule has 2 aromatic rings. The molecule has 0 amide bonds. The molecule has 3 saturated carbocycles. The molecular formula is C33H46Cl3N5O14P2. The van der Waals surface area contributed by atoms with Crippen LogP contribution in [0, 0.1) is 38.0 Å². The molecule has 0 aromatic heterocycles. The predicted molar refractivity (Wildman–Crippen MR) is 203 cm³/mol. The fraction of sp³-hybridized carbons (Fsp3) is 0.545. The van der Waals surface area contributed by atoms with Gasteiger partial charge in [0.2, 0.25) is 0 Å². The number of non-ortho nitro benzene ring substituents is 2. The number of hydrogen-bond acceptors (Lipinski definition) is 14. The Bertz CT molecular complexity index is 1720. The molecule has 0 spiro atoms. The molecule has 0 unspecified atom stereocenters. The minimum absolute atomic E-state index is 0. The molecule has 24 heteroatoms. The van der Waals surface area contributed by atoms with E-state index in [0.717, 1.165) is 25.7 Å². The van der Waals surface area contributed by atoms with Crippen molar-refractivity contribution in [2.24, 2.45) is 17.8 Å². The van der Waals surface area contributed by atoms with E-state index in [1.54, 1.807) is 6.92 Å². The average molecular weight is 905 g/mol. The zero-order valence-electron chi connectivity index (χ0n) is 31.3. The highest BCUT2D eigenvalue weighted by Crippen LogP contribution is 2.57. The van der Waals surface area contributed by atoms with Crippen molar-refractivity contribution in [2.75, 3.05) is 19.8 Å². The Hall–Kier alpha value is -3.54. The first-order valence-electron chi connectivity index (χ1n) is 17.6. The minimum atomic E-state index is -4.04. The van der Waals surface area contributed by atoms with E-state index in [1.165, 1.54) is 75.2 Å². The molecule has 0 radical (unpaired) electrons. The lowest BCUT2D eigenvalue weighted by Gasteiger charge is -2.26. The standard InChI is InChI=1S/C20H28N3O8P.C7H13NO2.C6H4Cl2NO4P.ClH/c1-13(19(24)29-11-15-3-4-15)21-32(28,22-14(2)20(25)30-12-16-5-6-16)31-18-9-7-17(8-10-18)23(26)27;1-5(8)7(9)10-4-6-2-3-6;7-14(8,12)13-6-3-1-5(2-4-6)9(10)11;/h7-10,13-16H,3-6,11-12H2,1-2H3,(H2,21,22,28);5-6H,2-4,8H2,1H3;1-4H;1H/t13-,14-;5-;;/m00../s1. The zero-order chi connectivity index (χ0) is 41.6. The lowest BCUT2D eigenvalue weighted by Crippen LogP contribution is -3.00. The highest BCUT2D eigenvalue weighted by atomic mass is 35.9. The molecule has 3 aliphatic rings. The molecule has 0 aliphatic heterocycles. The van der Waals surface area contributed by atoms with E-state index in [0.29, 0.717) is 37.6 Å². The third kappa shape index (κ3) is 20.6. The van der Waals surface area contributed by atoms with Gasteiger partial charge in [0.05, 0.1) is 29.7 Å². The number of benzene rings is 2. The van der Waals surface area contributed by atoms with Gasteiger partial charge in [0.25, 0.3) is 11.4 Å². The van der Waals surface area contributed by atoms with E-state index in [4.69, 9.17) is 41.2 Å². The summed E-state index contributed by atoms with van der Waals surface area (Å²) in [5.41, 5.74) is 3.30. The number of carbonyl (C=O) groups is 3. The molecule has 19 nitrogen and oxygen atoms in total. The van der Waals surface area contributed by atoms with E-state index >= 15 is 0 Å². The lowest BCUT2D eigenvalue weighted by molar-refractivity contribution is -0.402. The third-order valence-electron chi connectivity index (χ3n) is 7.85. The lowest BCUT2D eigenvalue weighted by atomic mass is 10.3. The van der Waals surface area contributed by atoms with Gasteiger partial charge in [0.1, 0.15) is 23.6 Å². The maximum Gasteiger partial charge on any atom is 0.428 e. The SMILES string of the molecule is C[C@H](NP(=O)(N[C@@H](C)C(=O)OCC1CC1)Oc1ccc([N+](=O)[O-])cc1)C(=O)OCC1CC1.C[C@H]([NH3+])C(=O)OCC1CC1.O=[N+]([O-])c1ccc(OP(=O)(Cl)Cl)cc1.[Cl-]. The van der Waals surface area contributed by atoms with Crippen molar-refractivity contribution in [2.45, 2.75) is 77.4 Å². The number of carbonyl (C=O) groups excluding carboxylic acids is 3. The van der Waals surface area contributed by atoms with Crippen molar-refractivity contribution in [3.63, 3.8) is 0 Å². The van der Waals surface area contributed by atoms with Crippen LogP contribution in [0.15, 0.2) is 48.5 Å². The number of nitrogens with zero attached hydrogens (tertiary/aromatic N) is 2. The van der Waals surface area contributed by atoms with Crippen LogP contribution in [0.2, 0.25) is 0 Å². The first-order chi connectivity index (χ1) is 26.2. The van der Waals surface area contributed by atoms with E-state index in [1.807, 2.05) is 0 Å². The van der Waals surface area contributed by atoms with Gasteiger partial charge in [-0.05, 0) is 101 Å². The Morgan fingerprint density at radius 3 is 1.28 bits per heavy atom. The van der Waals surface area contributed by atoms with Crippen molar-refractivity contribution < 1.29 is 74.8 Å². The Labute approximate surface area is 344 Å². The Balaban J connectivity index is 0.000000367. The average Bonchev–Trinajstić information content (AvgIpc) is 3.97. The number of nitrogens with one attached hydrogen (secondary N) is 2. The molecule has 5 N–H and O–H groups in total. The maximum atomic E-state index is 13.5. The van der Waals surface area contributed by atoms with Crippen LogP contribution in [0.3, 0.4) is 0 Å². The van der Waals surface area contributed by atoms with Gasteiger partial charge in [-0.2, -0.15) is 0 Å². The number of quaternary nitrogens is 1. The largest absolute Gasteiger partial charge is 1.00 e. The van der Waals surface area contributed by atoms with Gasteiger partial charge >= 0.3 is 31.7 Å². The second-order valence-corrected chi connectivity index (χ2v) is 19.5. The fourth-order valence-electron chi connectivity index (χ4n) is 4.08. The molecule has 3 fully saturated rings. The molecule has 3 atom stereocenters. The number of nitro groups is 2. The summed E-state index contributed by atoms with van der Waals surface area (Å²) in [6, 6.07) is 7.63. The topological polar surface area (TPSA) is 269 Å². The van der Waals surface area contributed by atoms with Gasteiger partial charge < -0.3 is 41.4 Å². The van der Waals surface area contributed by atoms with Crippen molar-refractivity contribution in [3.05, 3.63) is 68.8 Å². The molecule has 57 heavy (non-hydrogen) atoms. The number of hydrogen-bond donors (Lipinski definition) is 3. The number of nitro benzene ring substituents is 2. The van der Waals surface area contributed by atoms with Gasteiger partial charge in [-0.3, -0.25) is 29.8 Å². The van der Waals surface area contributed by atoms with Crippen molar-refractivity contribution in [3.8, 4) is 11.5 Å². The van der Waals surface area contributed by atoms with E-state index < -0.39 is 47.6 Å². The van der Waals surface area contributed by atoms with E-state index in [-0.39, 0.29) is 47.3 Å². The van der Waals surface area contributed by atoms with Gasteiger partial charge in [0.15, 0.2) is 6.04 Å². The highest BCUT2D eigenvalue weighted by molar-refractivity contribution is 8.05. The van der Waals surface area contributed by atoms with Crippen molar-refractivity contribution >= 4 is 65.5 Å². The van der Waals surface area contributed by atoms with Crippen LogP contribution in [0.5, 0.6) is 11.5 Å². The summed E-state index contributed by atoms with van der Waals surface area (Å²) in [5, 5.41) is 26.3. The molecular weight excluding hydrogens is 859 g/mol. The predicted octanol–water partition coefficient (Wildman–Crippen LogP) is 3.08. The van der Waals surface area contributed by atoms with Crippen LogP contribution in [-0.4, -0.2) is 65.7 Å². The van der Waals surface area contributed by atoms with Gasteiger partial charge in [-0.15, -0.1) is 0 Å². The quantitative estimate of drug-likeness (QED) is 0.0601. The van der Waals surface area contributed by atoms with E-state index in [2.05, 4.69) is 20.4 Å². The molecule has 0 heterocycles. The Morgan fingerprint density at radius 1 is 0.684 bits per heavy atom. The van der Waals surface area contributed by atoms with Crippen LogP contribution in [0.25, 0.3) is 0 Å². The van der Waals surface area contributed by atoms with E-state index in [9.17, 15) is 43.7 Å². The van der Waals surface area contributed by atoms with Crippen LogP contribution >= 0.6 is 36.2 Å². The van der Waals surface area contributed by atoms with Gasteiger partial charge in [0, 0.05) is 46.7 Å². The van der Waals surface area contributed by atoms with Crippen LogP contribution in [0.4, 0.5) is 11.4 Å². The van der Waals surface area contributed by atoms with Crippen molar-refractivity contribution in [1.29, 1.82) is 0 Å². The Morgan fingerprint density at radius 2 is 1.00 bits per heavy atom. The Kier molecular flexibility index (Phi) is 20.1. The second-order valence-electron chi connectivity index (χ2n) is 13.5. The summed E-state index contributed by atoms with van der Waals surface area (Å²) in [4.78, 5) is 55.3. The van der Waals surface area contributed by atoms with Crippen LogP contribution in [-0.2, 0) is 37.7 Å². The van der Waals surface area contributed by atoms with Gasteiger partial charge in [-0.25, -0.2) is 24.1 Å². The first kappa shape index (κ1) is 49.6. The number of ether oxygens (including phenoxy) is 3. The normalized spacial score (nSPS) is 16.2. The summed E-state index contributed by atoms with van der Waals surface area (Å²) < 4.78 is 49.8. The highest BCUT2D eigenvalue weighted by Gasteiger charge is 2.36. The zero-order valence-corrected chi connectivity index (χ0v) is 35.3. The third-order valence-corrected chi connectivity index (χ3v) is 10.6. The minimum Gasteiger partial charge on any atom is -1.00 e. The summed E-state index contributed by atoms with van der Waals surface area (Å²) in [6.45, 7) is 5.90. The van der Waals surface area contributed by atoms with Crippen molar-refractivity contribution in [1.82, 2.24) is 10.2 Å². The number of esters is 3. The molecule has 0 bridgehead atoms. The smallest absolute Gasteiger partial charge is 0.428 e. The monoisotopic (exact) mass is 903 g/mol. The van der Waals surface area contributed by atoms with Gasteiger partial charge in [-0.1, -0.05) is 0 Å². The summed E-state index contributed by atoms with van der Waals surface area (Å²) in [7, 11) is -4.04. The first-order valence-corrected chi connectivity index (χ1v) is 22.7. The fourth-order valence-corrected chi connectivity index (χ4v) is 6.75. The maximum absolute atomic E-state index is 13.5. The molecule has 0 saturated heterocycles. The molecule has 3 aliphatic carbocycles.